The largest absolute Gasteiger partial charge is 0.488 e. The minimum absolute atomic E-state index is 0.230. The summed E-state index contributed by atoms with van der Waals surface area (Å²) >= 11 is 3.59. The van der Waals surface area contributed by atoms with Gasteiger partial charge in [0, 0.05) is 13.1 Å². The lowest BCUT2D eigenvalue weighted by atomic mass is 10.1. The molecule has 25 heavy (non-hydrogen) atoms. The van der Waals surface area contributed by atoms with Crippen LogP contribution in [0.2, 0.25) is 0 Å². The van der Waals surface area contributed by atoms with Crippen molar-refractivity contribution in [1.29, 1.82) is 0 Å². The zero-order valence-electron chi connectivity index (χ0n) is 14.2. The van der Waals surface area contributed by atoms with Crippen LogP contribution in [0, 0.1) is 5.82 Å². The van der Waals surface area contributed by atoms with Gasteiger partial charge < -0.3 is 9.47 Å². The van der Waals surface area contributed by atoms with Crippen molar-refractivity contribution in [3.8, 4) is 5.75 Å². The monoisotopic (exact) mass is 407 g/mol. The lowest BCUT2D eigenvalue weighted by Crippen LogP contribution is -2.36. The van der Waals surface area contributed by atoms with Gasteiger partial charge in [-0.1, -0.05) is 18.2 Å². The van der Waals surface area contributed by atoms with Gasteiger partial charge in [0.2, 0.25) is 0 Å². The third kappa shape index (κ3) is 5.80. The summed E-state index contributed by atoms with van der Waals surface area (Å²) in [7, 11) is 0. The Morgan fingerprint density at radius 1 is 1.04 bits per heavy atom. The van der Waals surface area contributed by atoms with E-state index in [-0.39, 0.29) is 5.82 Å². The number of aryl methyl sites for hydroxylation is 1. The molecule has 0 unspecified atom stereocenters. The Kier molecular flexibility index (Phi) is 6.84. The zero-order chi connectivity index (χ0) is 17.5. The highest BCUT2D eigenvalue weighted by molar-refractivity contribution is 9.10. The maximum atomic E-state index is 12.9. The molecule has 0 saturated carbocycles. The van der Waals surface area contributed by atoms with E-state index in [9.17, 15) is 4.39 Å². The molecule has 0 N–H and O–H groups in total. The van der Waals surface area contributed by atoms with Crippen molar-refractivity contribution in [1.82, 2.24) is 4.90 Å². The fourth-order valence-corrected chi connectivity index (χ4v) is 3.43. The van der Waals surface area contributed by atoms with Gasteiger partial charge in [0.1, 0.15) is 18.2 Å². The molecule has 5 heteroatoms. The van der Waals surface area contributed by atoms with E-state index in [4.69, 9.17) is 9.47 Å². The van der Waals surface area contributed by atoms with Crippen LogP contribution < -0.4 is 4.74 Å². The summed E-state index contributed by atoms with van der Waals surface area (Å²) in [5.74, 6) is 0.576. The van der Waals surface area contributed by atoms with E-state index in [1.807, 2.05) is 6.07 Å². The van der Waals surface area contributed by atoms with Crippen molar-refractivity contribution >= 4 is 15.9 Å². The molecule has 1 saturated heterocycles. The molecule has 1 heterocycles. The second-order valence-corrected chi connectivity index (χ2v) is 7.09. The van der Waals surface area contributed by atoms with Crippen LogP contribution in [-0.4, -0.2) is 37.7 Å². The van der Waals surface area contributed by atoms with E-state index in [0.29, 0.717) is 6.61 Å². The highest BCUT2D eigenvalue weighted by atomic mass is 79.9. The first kappa shape index (κ1) is 18.4. The van der Waals surface area contributed by atoms with Gasteiger partial charge in [-0.3, -0.25) is 4.90 Å². The lowest BCUT2D eigenvalue weighted by Gasteiger charge is -2.26. The molecule has 0 radical (unpaired) electrons. The van der Waals surface area contributed by atoms with E-state index in [1.165, 1.54) is 17.7 Å². The van der Waals surface area contributed by atoms with Gasteiger partial charge in [-0.05, 0) is 70.7 Å². The Morgan fingerprint density at radius 3 is 2.48 bits per heavy atom. The number of ether oxygens (including phenoxy) is 2. The predicted octanol–water partition coefficient (Wildman–Crippen LogP) is 4.43. The number of nitrogens with zero attached hydrogens (tertiary/aromatic N) is 1. The fraction of sp³-hybridized carbons (Fsp3) is 0.400. The van der Waals surface area contributed by atoms with E-state index in [1.54, 1.807) is 12.1 Å². The predicted molar refractivity (Wildman–Crippen MR) is 100 cm³/mol. The number of benzene rings is 2. The van der Waals surface area contributed by atoms with Crippen LogP contribution in [0.4, 0.5) is 4.39 Å². The van der Waals surface area contributed by atoms with Crippen molar-refractivity contribution in [2.45, 2.75) is 19.4 Å². The molecule has 0 aliphatic carbocycles. The quantitative estimate of drug-likeness (QED) is 0.677. The normalized spacial score (nSPS) is 15.3. The smallest absolute Gasteiger partial charge is 0.134 e. The number of morpholine rings is 1. The molecule has 2 aromatic rings. The number of hydrogen-bond acceptors (Lipinski definition) is 3. The summed E-state index contributed by atoms with van der Waals surface area (Å²) in [4.78, 5) is 2.46. The Labute approximate surface area is 156 Å². The molecular weight excluding hydrogens is 385 g/mol. The number of halogens is 2. The van der Waals surface area contributed by atoms with Crippen LogP contribution >= 0.6 is 15.9 Å². The summed E-state index contributed by atoms with van der Waals surface area (Å²) in [6.07, 6.45) is 2.19. The molecule has 3 nitrogen and oxygen atoms in total. The maximum Gasteiger partial charge on any atom is 0.134 e. The third-order valence-electron chi connectivity index (χ3n) is 4.35. The molecule has 0 amide bonds. The molecule has 0 aromatic heterocycles. The first-order chi connectivity index (χ1) is 12.2. The summed E-state index contributed by atoms with van der Waals surface area (Å²) in [6, 6.07) is 12.6. The first-order valence-corrected chi connectivity index (χ1v) is 9.46. The van der Waals surface area contributed by atoms with Gasteiger partial charge >= 0.3 is 0 Å². The molecule has 1 aliphatic rings. The Balaban J connectivity index is 1.47. The summed E-state index contributed by atoms with van der Waals surface area (Å²) < 4.78 is 25.1. The van der Waals surface area contributed by atoms with Gasteiger partial charge in [0.25, 0.3) is 0 Å². The summed E-state index contributed by atoms with van der Waals surface area (Å²) in [5.41, 5.74) is 2.25. The fourth-order valence-electron chi connectivity index (χ4n) is 2.89. The second kappa shape index (κ2) is 9.32. The number of hydrogen-bond donors (Lipinski definition) is 0. The highest BCUT2D eigenvalue weighted by Gasteiger charge is 2.10. The average Bonchev–Trinajstić information content (AvgIpc) is 2.63. The maximum absolute atomic E-state index is 12.9. The van der Waals surface area contributed by atoms with Crippen LogP contribution in [0.15, 0.2) is 46.9 Å². The Morgan fingerprint density at radius 2 is 1.76 bits per heavy atom. The van der Waals surface area contributed by atoms with Crippen LogP contribution in [0.5, 0.6) is 5.75 Å². The van der Waals surface area contributed by atoms with E-state index in [0.717, 1.165) is 61.5 Å². The molecule has 0 bridgehead atoms. The molecule has 1 aliphatic heterocycles. The van der Waals surface area contributed by atoms with Gasteiger partial charge in [0.05, 0.1) is 17.7 Å². The topological polar surface area (TPSA) is 21.7 Å². The minimum Gasteiger partial charge on any atom is -0.488 e. The van der Waals surface area contributed by atoms with E-state index < -0.39 is 0 Å². The SMILES string of the molecule is Fc1ccc(COc2ccc(CCCN3CCOCC3)cc2Br)cc1. The van der Waals surface area contributed by atoms with Crippen molar-refractivity contribution in [3.05, 3.63) is 63.9 Å². The number of rotatable bonds is 7. The Bertz CT molecular complexity index is 672. The Hall–Kier alpha value is -1.43. The van der Waals surface area contributed by atoms with Crippen LogP contribution in [0.25, 0.3) is 0 Å². The zero-order valence-corrected chi connectivity index (χ0v) is 15.8. The van der Waals surface area contributed by atoms with Crippen LogP contribution in [0.1, 0.15) is 17.5 Å². The molecule has 2 aromatic carbocycles. The van der Waals surface area contributed by atoms with Gasteiger partial charge in [-0.2, -0.15) is 0 Å². The lowest BCUT2D eigenvalue weighted by molar-refractivity contribution is 0.0374. The van der Waals surface area contributed by atoms with Gasteiger partial charge in [-0.15, -0.1) is 0 Å². The third-order valence-corrected chi connectivity index (χ3v) is 4.97. The molecule has 0 spiro atoms. The highest BCUT2D eigenvalue weighted by Crippen LogP contribution is 2.27. The standard InChI is InChI=1S/C20H23BrFNO2/c21-19-14-16(2-1-9-23-10-12-24-13-11-23)5-8-20(19)25-15-17-3-6-18(22)7-4-17/h3-8,14H,1-2,9-13,15H2. The second-order valence-electron chi connectivity index (χ2n) is 6.24. The van der Waals surface area contributed by atoms with Gasteiger partial charge in [0.15, 0.2) is 0 Å². The minimum atomic E-state index is -0.230. The van der Waals surface area contributed by atoms with Crippen molar-refractivity contribution in [2.75, 3.05) is 32.8 Å². The van der Waals surface area contributed by atoms with E-state index >= 15 is 0 Å². The van der Waals surface area contributed by atoms with Gasteiger partial charge in [-0.25, -0.2) is 4.39 Å². The van der Waals surface area contributed by atoms with Crippen molar-refractivity contribution < 1.29 is 13.9 Å². The average molecular weight is 408 g/mol. The molecule has 3 rings (SSSR count). The van der Waals surface area contributed by atoms with Crippen LogP contribution in [-0.2, 0) is 17.8 Å². The van der Waals surface area contributed by atoms with E-state index in [2.05, 4.69) is 33.0 Å². The summed E-state index contributed by atoms with van der Waals surface area (Å²) in [5, 5.41) is 0. The molecule has 1 fully saturated rings. The van der Waals surface area contributed by atoms with Crippen molar-refractivity contribution in [3.63, 3.8) is 0 Å². The first-order valence-electron chi connectivity index (χ1n) is 8.66. The summed E-state index contributed by atoms with van der Waals surface area (Å²) in [6.45, 7) is 5.33. The van der Waals surface area contributed by atoms with Crippen molar-refractivity contribution in [2.24, 2.45) is 0 Å². The molecule has 134 valence electrons. The van der Waals surface area contributed by atoms with Crippen LogP contribution in [0.3, 0.4) is 0 Å². The molecular formula is C20H23BrFNO2. The molecule has 0 atom stereocenters.